The van der Waals surface area contributed by atoms with Crippen LogP contribution in [-0.4, -0.2) is 62.2 Å². The zero-order valence-corrected chi connectivity index (χ0v) is 12.1. The van der Waals surface area contributed by atoms with Gasteiger partial charge in [-0.15, -0.1) is 0 Å². The highest BCUT2D eigenvalue weighted by Gasteiger charge is 2.39. The van der Waals surface area contributed by atoms with Crippen molar-refractivity contribution in [1.29, 1.82) is 0 Å². The first-order chi connectivity index (χ1) is 8.70. The van der Waals surface area contributed by atoms with Gasteiger partial charge in [-0.3, -0.25) is 0 Å². The quantitative estimate of drug-likeness (QED) is 0.815. The topological polar surface area (TPSA) is 18.5 Å². The van der Waals surface area contributed by atoms with E-state index in [1.807, 2.05) is 0 Å². The summed E-state index contributed by atoms with van der Waals surface area (Å²) in [5, 5.41) is 3.76. The molecule has 3 aliphatic rings. The van der Waals surface area contributed by atoms with Crippen LogP contribution in [0.4, 0.5) is 0 Å². The van der Waals surface area contributed by atoms with E-state index in [9.17, 15) is 0 Å². The lowest BCUT2D eigenvalue weighted by atomic mass is 9.88. The fourth-order valence-electron chi connectivity index (χ4n) is 4.30. The number of likely N-dealkylation sites (tertiary alicyclic amines) is 1. The third-order valence-corrected chi connectivity index (χ3v) is 5.39. The zero-order chi connectivity index (χ0) is 12.5. The van der Waals surface area contributed by atoms with Crippen LogP contribution in [0, 0.1) is 11.8 Å². The third-order valence-electron chi connectivity index (χ3n) is 5.39. The third kappa shape index (κ3) is 2.89. The van der Waals surface area contributed by atoms with Crippen molar-refractivity contribution in [2.75, 3.05) is 40.3 Å². The van der Waals surface area contributed by atoms with Gasteiger partial charge in [-0.2, -0.15) is 0 Å². The molecule has 3 atom stereocenters. The molecule has 0 saturated carbocycles. The van der Waals surface area contributed by atoms with Crippen LogP contribution < -0.4 is 5.32 Å². The van der Waals surface area contributed by atoms with Crippen molar-refractivity contribution in [3.8, 4) is 0 Å². The van der Waals surface area contributed by atoms with Crippen LogP contribution in [0.25, 0.3) is 0 Å². The molecule has 18 heavy (non-hydrogen) atoms. The average Bonchev–Trinajstić information content (AvgIpc) is 2.94. The van der Waals surface area contributed by atoms with Gasteiger partial charge in [0.15, 0.2) is 0 Å². The minimum absolute atomic E-state index is 0.843. The molecule has 0 aromatic carbocycles. The van der Waals surface area contributed by atoms with Gasteiger partial charge in [-0.05, 0) is 71.1 Å². The Morgan fingerprint density at radius 3 is 2.50 bits per heavy atom. The second kappa shape index (κ2) is 5.48. The fraction of sp³-hybridized carbons (Fsp3) is 1.00. The SMILES string of the molecule is CN1CCC(CN(C)CC2CC3CCC2N3)CC1. The van der Waals surface area contributed by atoms with Crippen molar-refractivity contribution in [3.05, 3.63) is 0 Å². The molecule has 3 heterocycles. The molecule has 0 aliphatic carbocycles. The van der Waals surface area contributed by atoms with E-state index >= 15 is 0 Å². The zero-order valence-electron chi connectivity index (χ0n) is 12.1. The fourth-order valence-corrected chi connectivity index (χ4v) is 4.30. The van der Waals surface area contributed by atoms with E-state index in [1.54, 1.807) is 0 Å². The predicted octanol–water partition coefficient (Wildman–Crippen LogP) is 1.40. The van der Waals surface area contributed by atoms with Gasteiger partial charge in [-0.1, -0.05) is 0 Å². The highest BCUT2D eigenvalue weighted by atomic mass is 15.1. The van der Waals surface area contributed by atoms with Crippen LogP contribution in [0.5, 0.6) is 0 Å². The normalized spacial score (nSPS) is 37.8. The van der Waals surface area contributed by atoms with Gasteiger partial charge in [0, 0.05) is 25.2 Å². The summed E-state index contributed by atoms with van der Waals surface area (Å²) in [5.41, 5.74) is 0. The predicted molar refractivity (Wildman–Crippen MR) is 75.8 cm³/mol. The number of rotatable bonds is 4. The Hall–Kier alpha value is -0.120. The molecule has 2 bridgehead atoms. The van der Waals surface area contributed by atoms with Crippen molar-refractivity contribution >= 4 is 0 Å². The van der Waals surface area contributed by atoms with Crippen molar-refractivity contribution < 1.29 is 0 Å². The monoisotopic (exact) mass is 251 g/mol. The van der Waals surface area contributed by atoms with Crippen LogP contribution in [0.1, 0.15) is 32.1 Å². The van der Waals surface area contributed by atoms with E-state index in [-0.39, 0.29) is 0 Å². The van der Waals surface area contributed by atoms with E-state index < -0.39 is 0 Å². The molecule has 3 rings (SSSR count). The van der Waals surface area contributed by atoms with Gasteiger partial charge in [0.25, 0.3) is 0 Å². The maximum atomic E-state index is 3.76. The van der Waals surface area contributed by atoms with Gasteiger partial charge >= 0.3 is 0 Å². The summed E-state index contributed by atoms with van der Waals surface area (Å²) < 4.78 is 0. The maximum Gasteiger partial charge on any atom is 0.0111 e. The lowest BCUT2D eigenvalue weighted by Crippen LogP contribution is -2.39. The summed E-state index contributed by atoms with van der Waals surface area (Å²) >= 11 is 0. The number of fused-ring (bicyclic) bond motifs is 2. The van der Waals surface area contributed by atoms with Crippen LogP contribution in [0.2, 0.25) is 0 Å². The minimum Gasteiger partial charge on any atom is -0.311 e. The van der Waals surface area contributed by atoms with E-state index in [1.165, 1.54) is 58.3 Å². The second-order valence-electron chi connectivity index (χ2n) is 7.01. The molecule has 0 spiro atoms. The molecule has 3 saturated heterocycles. The Morgan fingerprint density at radius 1 is 1.11 bits per heavy atom. The van der Waals surface area contributed by atoms with E-state index in [4.69, 9.17) is 0 Å². The largest absolute Gasteiger partial charge is 0.311 e. The summed E-state index contributed by atoms with van der Waals surface area (Å²) in [6, 6.07) is 1.70. The molecule has 0 aromatic heterocycles. The molecule has 0 radical (unpaired) electrons. The summed E-state index contributed by atoms with van der Waals surface area (Å²) in [6.45, 7) is 5.24. The molecule has 104 valence electrons. The van der Waals surface area contributed by atoms with Crippen molar-refractivity contribution in [2.45, 2.75) is 44.2 Å². The Labute approximate surface area is 112 Å². The summed E-state index contributed by atoms with van der Waals surface area (Å²) in [4.78, 5) is 5.08. The minimum atomic E-state index is 0.843. The van der Waals surface area contributed by atoms with Gasteiger partial charge in [-0.25, -0.2) is 0 Å². The first kappa shape index (κ1) is 12.9. The molecular formula is C15H29N3. The Bertz CT molecular complexity index is 273. The molecule has 3 unspecified atom stereocenters. The highest BCUT2D eigenvalue weighted by molar-refractivity contribution is 4.98. The molecular weight excluding hydrogens is 222 g/mol. The molecule has 0 amide bonds. The number of nitrogens with one attached hydrogen (secondary N) is 1. The summed E-state index contributed by atoms with van der Waals surface area (Å²) in [6.07, 6.45) is 7.09. The summed E-state index contributed by atoms with van der Waals surface area (Å²) in [7, 11) is 4.59. The Morgan fingerprint density at radius 2 is 1.89 bits per heavy atom. The van der Waals surface area contributed by atoms with Gasteiger partial charge in [0.05, 0.1) is 0 Å². The Kier molecular flexibility index (Phi) is 3.92. The van der Waals surface area contributed by atoms with Crippen LogP contribution >= 0.6 is 0 Å². The highest BCUT2D eigenvalue weighted by Crippen LogP contribution is 2.33. The molecule has 0 aromatic rings. The van der Waals surface area contributed by atoms with E-state index in [0.29, 0.717) is 0 Å². The van der Waals surface area contributed by atoms with Crippen LogP contribution in [0.15, 0.2) is 0 Å². The van der Waals surface area contributed by atoms with E-state index in [2.05, 4.69) is 29.2 Å². The lowest BCUT2D eigenvalue weighted by molar-refractivity contribution is 0.160. The first-order valence-electron chi connectivity index (χ1n) is 7.84. The van der Waals surface area contributed by atoms with Crippen LogP contribution in [0.3, 0.4) is 0 Å². The molecule has 3 fully saturated rings. The van der Waals surface area contributed by atoms with Crippen molar-refractivity contribution in [1.82, 2.24) is 15.1 Å². The van der Waals surface area contributed by atoms with Crippen LogP contribution in [-0.2, 0) is 0 Å². The molecule has 3 aliphatic heterocycles. The Balaban J connectivity index is 1.40. The van der Waals surface area contributed by atoms with Crippen molar-refractivity contribution in [2.24, 2.45) is 11.8 Å². The van der Waals surface area contributed by atoms with Gasteiger partial charge in [0.1, 0.15) is 0 Å². The number of piperidine rings is 1. The lowest BCUT2D eigenvalue weighted by Gasteiger charge is -2.33. The first-order valence-corrected chi connectivity index (χ1v) is 7.84. The number of nitrogens with zero attached hydrogens (tertiary/aromatic N) is 2. The number of hydrogen-bond donors (Lipinski definition) is 1. The smallest absolute Gasteiger partial charge is 0.0111 e. The molecule has 3 nitrogen and oxygen atoms in total. The number of hydrogen-bond acceptors (Lipinski definition) is 3. The van der Waals surface area contributed by atoms with Gasteiger partial charge in [0.2, 0.25) is 0 Å². The molecule has 3 heteroatoms. The van der Waals surface area contributed by atoms with E-state index in [0.717, 1.165) is 23.9 Å². The van der Waals surface area contributed by atoms with Gasteiger partial charge < -0.3 is 15.1 Å². The van der Waals surface area contributed by atoms with Crippen molar-refractivity contribution in [3.63, 3.8) is 0 Å². The summed E-state index contributed by atoms with van der Waals surface area (Å²) in [5.74, 6) is 1.87. The maximum absolute atomic E-state index is 3.76. The standard InChI is InChI=1S/C15H29N3/c1-17-7-5-12(6-8-17)10-18(2)11-13-9-14-3-4-15(13)16-14/h12-16H,3-11H2,1-2H3. The average molecular weight is 251 g/mol. The molecule has 1 N–H and O–H groups in total. The second-order valence-corrected chi connectivity index (χ2v) is 7.01.